The van der Waals surface area contributed by atoms with Gasteiger partial charge in [-0.1, -0.05) is 25.1 Å². The van der Waals surface area contributed by atoms with Crippen molar-refractivity contribution in [1.29, 1.82) is 0 Å². The van der Waals surface area contributed by atoms with Crippen molar-refractivity contribution in [2.45, 2.75) is 31.0 Å². The Kier molecular flexibility index (Phi) is 6.08. The number of likely N-dealkylation sites (N-methyl/N-ethyl adjacent to an activating group) is 1. The van der Waals surface area contributed by atoms with E-state index in [0.717, 1.165) is 42.8 Å². The highest BCUT2D eigenvalue weighted by molar-refractivity contribution is 7.99. The van der Waals surface area contributed by atoms with E-state index < -0.39 is 0 Å². The molecule has 1 saturated heterocycles. The van der Waals surface area contributed by atoms with E-state index in [4.69, 9.17) is 5.73 Å². The van der Waals surface area contributed by atoms with Crippen LogP contribution in [0.25, 0.3) is 0 Å². The van der Waals surface area contributed by atoms with Gasteiger partial charge in [0.1, 0.15) is 11.6 Å². The lowest BCUT2D eigenvalue weighted by Crippen LogP contribution is -2.53. The van der Waals surface area contributed by atoms with Crippen LogP contribution >= 0.6 is 11.8 Å². The molecule has 0 saturated carbocycles. The van der Waals surface area contributed by atoms with E-state index in [1.807, 2.05) is 13.1 Å². The molecule has 0 amide bonds. The number of nitrogens with zero attached hydrogens (tertiary/aromatic N) is 4. The summed E-state index contributed by atoms with van der Waals surface area (Å²) in [4.78, 5) is 13.3. The number of piperazine rings is 1. The fourth-order valence-corrected chi connectivity index (χ4v) is 3.26. The lowest BCUT2D eigenvalue weighted by atomic mass is 10.2. The molecule has 0 bridgehead atoms. The third-order valence-corrected chi connectivity index (χ3v) is 4.69. The van der Waals surface area contributed by atoms with Crippen molar-refractivity contribution in [2.75, 3.05) is 49.7 Å². The van der Waals surface area contributed by atoms with Crippen molar-refractivity contribution in [3.63, 3.8) is 0 Å². The summed E-state index contributed by atoms with van der Waals surface area (Å²) in [7, 11) is 2.04. The Morgan fingerprint density at radius 2 is 2.24 bits per heavy atom. The number of aliphatic hydroxyl groups is 1. The fraction of sp³-hybridized carbons (Fsp3) is 0.714. The summed E-state index contributed by atoms with van der Waals surface area (Å²) in [6, 6.07) is 1.97. The van der Waals surface area contributed by atoms with Gasteiger partial charge in [-0.15, -0.1) is 0 Å². The molecule has 3 N–H and O–H groups in total. The molecular formula is C14H25N5OS. The first-order chi connectivity index (χ1) is 10.1. The Hall–Kier alpha value is -1.05. The van der Waals surface area contributed by atoms with Crippen LogP contribution in [0.15, 0.2) is 11.2 Å². The van der Waals surface area contributed by atoms with Crippen LogP contribution in [0.4, 0.5) is 11.6 Å². The maximum Gasteiger partial charge on any atom is 0.191 e. The van der Waals surface area contributed by atoms with Crippen molar-refractivity contribution < 1.29 is 5.11 Å². The Balaban J connectivity index is 2.08. The van der Waals surface area contributed by atoms with E-state index in [9.17, 15) is 5.11 Å². The number of rotatable bonds is 6. The predicted molar refractivity (Wildman–Crippen MR) is 87.8 cm³/mol. The van der Waals surface area contributed by atoms with Crippen molar-refractivity contribution >= 4 is 23.4 Å². The predicted octanol–water partition coefficient (Wildman–Crippen LogP) is 1.06. The van der Waals surface area contributed by atoms with Gasteiger partial charge in [0.05, 0.1) is 12.6 Å². The van der Waals surface area contributed by atoms with E-state index in [2.05, 4.69) is 26.7 Å². The summed E-state index contributed by atoms with van der Waals surface area (Å²) in [5.41, 5.74) is 5.91. The van der Waals surface area contributed by atoms with Crippen LogP contribution in [0.1, 0.15) is 19.8 Å². The SMILES string of the molecule is CCCCSc1nc(N)cc(N2CCN(C)C(CO)C2)n1. The number of anilines is 2. The van der Waals surface area contributed by atoms with Crippen LogP contribution in [-0.4, -0.2) is 65.1 Å². The average molecular weight is 311 g/mol. The zero-order valence-electron chi connectivity index (χ0n) is 12.8. The van der Waals surface area contributed by atoms with Crippen LogP contribution < -0.4 is 10.6 Å². The number of aromatic nitrogens is 2. The fourth-order valence-electron chi connectivity index (χ4n) is 2.32. The number of hydrogen-bond acceptors (Lipinski definition) is 7. The van der Waals surface area contributed by atoms with Crippen LogP contribution in [0.2, 0.25) is 0 Å². The number of aliphatic hydroxyl groups excluding tert-OH is 1. The quantitative estimate of drug-likeness (QED) is 0.462. The second-order valence-corrected chi connectivity index (χ2v) is 6.46. The van der Waals surface area contributed by atoms with Gasteiger partial charge in [-0.2, -0.15) is 0 Å². The molecule has 2 heterocycles. The zero-order chi connectivity index (χ0) is 15.2. The minimum Gasteiger partial charge on any atom is -0.395 e. The lowest BCUT2D eigenvalue weighted by molar-refractivity contribution is 0.135. The molecule has 1 atom stereocenters. The highest BCUT2D eigenvalue weighted by Gasteiger charge is 2.25. The van der Waals surface area contributed by atoms with Crippen molar-refractivity contribution in [3.05, 3.63) is 6.07 Å². The highest BCUT2D eigenvalue weighted by atomic mass is 32.2. The Morgan fingerprint density at radius 1 is 1.43 bits per heavy atom. The van der Waals surface area contributed by atoms with Crippen LogP contribution in [0.3, 0.4) is 0 Å². The van der Waals surface area contributed by atoms with Gasteiger partial charge < -0.3 is 15.7 Å². The molecule has 2 rings (SSSR count). The molecule has 6 nitrogen and oxygen atoms in total. The van der Waals surface area contributed by atoms with Gasteiger partial charge in [0.25, 0.3) is 0 Å². The summed E-state index contributed by atoms with van der Waals surface area (Å²) in [5.74, 6) is 2.40. The maximum atomic E-state index is 9.45. The van der Waals surface area contributed by atoms with Crippen molar-refractivity contribution in [1.82, 2.24) is 14.9 Å². The van der Waals surface area contributed by atoms with E-state index in [0.29, 0.717) is 5.82 Å². The summed E-state index contributed by atoms with van der Waals surface area (Å²) in [6.07, 6.45) is 2.32. The molecule has 0 spiro atoms. The summed E-state index contributed by atoms with van der Waals surface area (Å²) in [6.45, 7) is 4.90. The number of nitrogen functional groups attached to an aromatic ring is 1. The monoisotopic (exact) mass is 311 g/mol. The van der Waals surface area contributed by atoms with Gasteiger partial charge in [0.15, 0.2) is 5.16 Å². The molecule has 118 valence electrons. The minimum absolute atomic E-state index is 0.145. The third-order valence-electron chi connectivity index (χ3n) is 3.75. The number of unbranched alkanes of at least 4 members (excludes halogenated alkanes) is 1. The first kappa shape index (κ1) is 16.3. The molecule has 0 aliphatic carbocycles. The molecule has 0 aromatic carbocycles. The Bertz CT molecular complexity index is 459. The van der Waals surface area contributed by atoms with E-state index in [-0.39, 0.29) is 12.6 Å². The van der Waals surface area contributed by atoms with E-state index >= 15 is 0 Å². The first-order valence-corrected chi connectivity index (χ1v) is 8.46. The lowest BCUT2D eigenvalue weighted by Gasteiger charge is -2.39. The molecule has 21 heavy (non-hydrogen) atoms. The average Bonchev–Trinajstić information content (AvgIpc) is 2.47. The van der Waals surface area contributed by atoms with Crippen molar-refractivity contribution in [3.8, 4) is 0 Å². The Morgan fingerprint density at radius 3 is 2.95 bits per heavy atom. The minimum atomic E-state index is 0.145. The molecule has 1 fully saturated rings. The van der Waals surface area contributed by atoms with Gasteiger partial charge in [0.2, 0.25) is 0 Å². The van der Waals surface area contributed by atoms with Crippen LogP contribution in [0, 0.1) is 0 Å². The molecule has 0 radical (unpaired) electrons. The normalized spacial score (nSPS) is 20.0. The third kappa shape index (κ3) is 4.46. The largest absolute Gasteiger partial charge is 0.395 e. The molecule has 1 aliphatic rings. The number of hydrogen-bond donors (Lipinski definition) is 2. The molecule has 1 aliphatic heterocycles. The number of nitrogens with two attached hydrogens (primary N) is 1. The molecule has 1 aromatic rings. The van der Waals surface area contributed by atoms with Gasteiger partial charge in [-0.3, -0.25) is 4.90 Å². The van der Waals surface area contributed by atoms with Crippen LogP contribution in [-0.2, 0) is 0 Å². The summed E-state index contributed by atoms with van der Waals surface area (Å²) >= 11 is 1.66. The zero-order valence-corrected chi connectivity index (χ0v) is 13.6. The second-order valence-electron chi connectivity index (χ2n) is 5.40. The van der Waals surface area contributed by atoms with Gasteiger partial charge in [-0.05, 0) is 13.5 Å². The van der Waals surface area contributed by atoms with Gasteiger partial charge >= 0.3 is 0 Å². The first-order valence-electron chi connectivity index (χ1n) is 7.47. The standard InChI is InChI=1S/C14H25N5OS/c1-3-4-7-21-14-16-12(15)8-13(17-14)19-6-5-18(2)11(9-19)10-20/h8,11,20H,3-7,9-10H2,1-2H3,(H2,15,16,17). The molecule has 7 heteroatoms. The topological polar surface area (TPSA) is 78.5 Å². The van der Waals surface area contributed by atoms with E-state index in [1.165, 1.54) is 6.42 Å². The second kappa shape index (κ2) is 7.82. The highest BCUT2D eigenvalue weighted by Crippen LogP contribution is 2.23. The maximum absolute atomic E-state index is 9.45. The van der Waals surface area contributed by atoms with Crippen molar-refractivity contribution in [2.24, 2.45) is 0 Å². The van der Waals surface area contributed by atoms with Gasteiger partial charge in [-0.25, -0.2) is 9.97 Å². The van der Waals surface area contributed by atoms with Gasteiger partial charge in [0, 0.05) is 31.5 Å². The molecule has 1 unspecified atom stereocenters. The van der Waals surface area contributed by atoms with E-state index in [1.54, 1.807) is 11.8 Å². The van der Waals surface area contributed by atoms with Crippen LogP contribution in [0.5, 0.6) is 0 Å². The molecular weight excluding hydrogens is 286 g/mol. The summed E-state index contributed by atoms with van der Waals surface area (Å²) in [5, 5.41) is 10.2. The summed E-state index contributed by atoms with van der Waals surface area (Å²) < 4.78 is 0. The Labute approximate surface area is 130 Å². The smallest absolute Gasteiger partial charge is 0.191 e. The molecule has 1 aromatic heterocycles. The number of thioether (sulfide) groups is 1.